The van der Waals surface area contributed by atoms with Gasteiger partial charge in [-0.1, -0.05) is 23.7 Å². The fourth-order valence-corrected chi connectivity index (χ4v) is 3.62. The van der Waals surface area contributed by atoms with Crippen LogP contribution in [0.15, 0.2) is 35.4 Å². The standard InChI is InChI=1S/C18H18ClN5OS/c1-10-14(11(2)24(3)23-10)9-21-22-18(25)17-15(20)8-16(26-17)12-4-6-13(19)7-5-12/h4-9H,20H2,1-3H3,(H,22,25)/b21-9-. The molecule has 0 aliphatic heterocycles. The van der Waals surface area contributed by atoms with E-state index in [4.69, 9.17) is 17.3 Å². The Hall–Kier alpha value is -2.64. The van der Waals surface area contributed by atoms with Crippen molar-refractivity contribution in [3.8, 4) is 10.4 Å². The summed E-state index contributed by atoms with van der Waals surface area (Å²) in [5.41, 5.74) is 12.6. The minimum absolute atomic E-state index is 0.344. The van der Waals surface area contributed by atoms with Crippen LogP contribution in [0.25, 0.3) is 10.4 Å². The highest BCUT2D eigenvalue weighted by Crippen LogP contribution is 2.33. The lowest BCUT2D eigenvalue weighted by atomic mass is 10.2. The number of aromatic nitrogens is 2. The van der Waals surface area contributed by atoms with E-state index in [-0.39, 0.29) is 5.91 Å². The number of aryl methyl sites for hydroxylation is 2. The molecule has 0 radical (unpaired) electrons. The number of hydrazone groups is 1. The zero-order valence-electron chi connectivity index (χ0n) is 14.6. The fraction of sp³-hybridized carbons (Fsp3) is 0.167. The Balaban J connectivity index is 1.76. The van der Waals surface area contributed by atoms with Crippen molar-refractivity contribution in [1.29, 1.82) is 0 Å². The lowest BCUT2D eigenvalue weighted by Crippen LogP contribution is -2.17. The van der Waals surface area contributed by atoms with Gasteiger partial charge in [-0.3, -0.25) is 9.48 Å². The highest BCUT2D eigenvalue weighted by Gasteiger charge is 2.15. The second kappa shape index (κ2) is 7.31. The number of anilines is 1. The minimum Gasteiger partial charge on any atom is -0.397 e. The molecule has 6 nitrogen and oxygen atoms in total. The number of amides is 1. The largest absolute Gasteiger partial charge is 0.397 e. The predicted octanol–water partition coefficient (Wildman–Crippen LogP) is 3.76. The molecule has 0 spiro atoms. The Labute approximate surface area is 160 Å². The molecule has 1 amide bonds. The number of nitrogens with one attached hydrogen (secondary N) is 1. The summed E-state index contributed by atoms with van der Waals surface area (Å²) in [7, 11) is 1.86. The van der Waals surface area contributed by atoms with Crippen LogP contribution in [0.4, 0.5) is 5.69 Å². The molecule has 0 aliphatic carbocycles. The first-order chi connectivity index (χ1) is 12.4. The van der Waals surface area contributed by atoms with Crippen molar-refractivity contribution in [2.75, 3.05) is 5.73 Å². The lowest BCUT2D eigenvalue weighted by Gasteiger charge is -1.99. The van der Waals surface area contributed by atoms with Crippen LogP contribution in [0.3, 0.4) is 0 Å². The summed E-state index contributed by atoms with van der Waals surface area (Å²) in [5.74, 6) is -0.344. The molecule has 0 saturated heterocycles. The number of carbonyl (C=O) groups is 1. The van der Waals surface area contributed by atoms with Crippen molar-refractivity contribution in [2.45, 2.75) is 13.8 Å². The van der Waals surface area contributed by atoms with Crippen LogP contribution < -0.4 is 11.2 Å². The van der Waals surface area contributed by atoms with Crippen molar-refractivity contribution < 1.29 is 4.79 Å². The van der Waals surface area contributed by atoms with Crippen molar-refractivity contribution in [3.05, 3.63) is 57.2 Å². The maximum atomic E-state index is 12.4. The molecular formula is C18H18ClN5OS. The Morgan fingerprint density at radius 1 is 1.35 bits per heavy atom. The van der Waals surface area contributed by atoms with E-state index < -0.39 is 0 Å². The van der Waals surface area contributed by atoms with E-state index in [1.54, 1.807) is 29.1 Å². The SMILES string of the molecule is Cc1nn(C)c(C)c1/C=N\NC(=O)c1sc(-c2ccc(Cl)cc2)cc1N. The summed E-state index contributed by atoms with van der Waals surface area (Å²) in [6, 6.07) is 9.16. The van der Waals surface area contributed by atoms with E-state index in [9.17, 15) is 4.79 Å². The summed E-state index contributed by atoms with van der Waals surface area (Å²) in [5, 5.41) is 9.01. The van der Waals surface area contributed by atoms with Gasteiger partial charge in [0.05, 0.1) is 17.6 Å². The average Bonchev–Trinajstić information content (AvgIpc) is 3.10. The highest BCUT2D eigenvalue weighted by molar-refractivity contribution is 7.18. The summed E-state index contributed by atoms with van der Waals surface area (Å²) in [6.07, 6.45) is 1.60. The average molecular weight is 388 g/mol. The predicted molar refractivity (Wildman–Crippen MR) is 107 cm³/mol. The maximum Gasteiger partial charge on any atom is 0.283 e. The Morgan fingerprint density at radius 3 is 2.65 bits per heavy atom. The lowest BCUT2D eigenvalue weighted by molar-refractivity contribution is 0.0960. The number of benzene rings is 1. The number of hydrogen-bond donors (Lipinski definition) is 2. The molecule has 2 aromatic heterocycles. The van der Waals surface area contributed by atoms with Gasteiger partial charge in [-0.15, -0.1) is 11.3 Å². The normalized spacial score (nSPS) is 11.2. The first-order valence-corrected chi connectivity index (χ1v) is 9.05. The summed E-state index contributed by atoms with van der Waals surface area (Å²) in [6.45, 7) is 3.84. The van der Waals surface area contributed by atoms with Crippen molar-refractivity contribution in [3.63, 3.8) is 0 Å². The van der Waals surface area contributed by atoms with Crippen LogP contribution in [0.1, 0.15) is 26.6 Å². The molecule has 1 aromatic carbocycles. The maximum absolute atomic E-state index is 12.4. The van der Waals surface area contributed by atoms with Gasteiger partial charge in [0.1, 0.15) is 4.88 Å². The molecular weight excluding hydrogens is 370 g/mol. The van der Waals surface area contributed by atoms with E-state index in [0.717, 1.165) is 27.4 Å². The van der Waals surface area contributed by atoms with Gasteiger partial charge in [0.2, 0.25) is 0 Å². The zero-order valence-corrected chi connectivity index (χ0v) is 16.1. The number of hydrogen-bond acceptors (Lipinski definition) is 5. The minimum atomic E-state index is -0.344. The van der Waals surface area contributed by atoms with Gasteiger partial charge in [0, 0.05) is 28.2 Å². The quantitative estimate of drug-likeness (QED) is 0.527. The highest BCUT2D eigenvalue weighted by atomic mass is 35.5. The smallest absolute Gasteiger partial charge is 0.283 e. The second-order valence-corrected chi connectivity index (χ2v) is 7.30. The topological polar surface area (TPSA) is 85.3 Å². The van der Waals surface area contributed by atoms with Gasteiger partial charge >= 0.3 is 0 Å². The number of rotatable bonds is 4. The molecule has 0 atom stereocenters. The van der Waals surface area contributed by atoms with Crippen LogP contribution in [-0.4, -0.2) is 21.9 Å². The molecule has 3 rings (SSSR count). The molecule has 8 heteroatoms. The molecule has 0 aliphatic rings. The van der Waals surface area contributed by atoms with Gasteiger partial charge in [-0.05, 0) is 37.6 Å². The number of nitrogen functional groups attached to an aromatic ring is 1. The summed E-state index contributed by atoms with van der Waals surface area (Å²) >= 11 is 7.22. The molecule has 2 heterocycles. The third-order valence-corrected chi connectivity index (χ3v) is 5.47. The van der Waals surface area contributed by atoms with Gasteiger partial charge in [-0.25, -0.2) is 5.43 Å². The number of nitrogens with zero attached hydrogens (tertiary/aromatic N) is 3. The summed E-state index contributed by atoms with van der Waals surface area (Å²) < 4.78 is 1.77. The molecule has 0 unspecified atom stereocenters. The zero-order chi connectivity index (χ0) is 18.8. The Morgan fingerprint density at radius 2 is 2.04 bits per heavy atom. The third kappa shape index (κ3) is 3.63. The van der Waals surface area contributed by atoms with E-state index in [1.807, 2.05) is 33.0 Å². The van der Waals surface area contributed by atoms with Crippen LogP contribution >= 0.6 is 22.9 Å². The van der Waals surface area contributed by atoms with Crippen molar-refractivity contribution >= 4 is 40.7 Å². The molecule has 0 saturated carbocycles. The van der Waals surface area contributed by atoms with Gasteiger partial charge in [0.15, 0.2) is 0 Å². The molecule has 3 N–H and O–H groups in total. The van der Waals surface area contributed by atoms with Crippen LogP contribution in [0.5, 0.6) is 0 Å². The number of halogens is 1. The van der Waals surface area contributed by atoms with E-state index in [2.05, 4.69) is 15.6 Å². The Kier molecular flexibility index (Phi) is 5.11. The first kappa shape index (κ1) is 18.2. The van der Waals surface area contributed by atoms with Crippen LogP contribution in [0, 0.1) is 13.8 Å². The van der Waals surface area contributed by atoms with Crippen molar-refractivity contribution in [2.24, 2.45) is 12.1 Å². The molecule has 134 valence electrons. The second-order valence-electron chi connectivity index (χ2n) is 5.81. The van der Waals surface area contributed by atoms with E-state index in [0.29, 0.717) is 15.6 Å². The van der Waals surface area contributed by atoms with Gasteiger partial charge in [0.25, 0.3) is 5.91 Å². The van der Waals surface area contributed by atoms with Crippen LogP contribution in [-0.2, 0) is 7.05 Å². The molecule has 3 aromatic rings. The number of nitrogens with two attached hydrogens (primary N) is 1. The third-order valence-electron chi connectivity index (χ3n) is 4.02. The van der Waals surface area contributed by atoms with Gasteiger partial charge < -0.3 is 5.73 Å². The summed E-state index contributed by atoms with van der Waals surface area (Å²) in [4.78, 5) is 13.7. The Bertz CT molecular complexity index is 988. The molecule has 0 fully saturated rings. The number of thiophene rings is 1. The number of carbonyl (C=O) groups excluding carboxylic acids is 1. The fourth-order valence-electron chi connectivity index (χ4n) is 2.52. The molecule has 0 bridgehead atoms. The van der Waals surface area contributed by atoms with Crippen LogP contribution in [0.2, 0.25) is 5.02 Å². The molecule has 26 heavy (non-hydrogen) atoms. The monoisotopic (exact) mass is 387 g/mol. The first-order valence-electron chi connectivity index (χ1n) is 7.85. The van der Waals surface area contributed by atoms with Crippen molar-refractivity contribution in [1.82, 2.24) is 15.2 Å². The van der Waals surface area contributed by atoms with E-state index in [1.165, 1.54) is 11.3 Å². The van der Waals surface area contributed by atoms with E-state index >= 15 is 0 Å². The van der Waals surface area contributed by atoms with Gasteiger partial charge in [-0.2, -0.15) is 10.2 Å².